The quantitative estimate of drug-likeness (QED) is 0.485. The molecule has 0 spiro atoms. The number of hydrogen-bond acceptors (Lipinski definition) is 3. The van der Waals surface area contributed by atoms with Gasteiger partial charge in [0, 0.05) is 20.9 Å². The van der Waals surface area contributed by atoms with Gasteiger partial charge in [-0.05, 0) is 18.2 Å². The summed E-state index contributed by atoms with van der Waals surface area (Å²) in [6.07, 6.45) is 1.91. The molecule has 0 saturated heterocycles. The summed E-state index contributed by atoms with van der Waals surface area (Å²) in [6.45, 7) is 0. The zero-order valence-corrected chi connectivity index (χ0v) is 13.4. The van der Waals surface area contributed by atoms with Gasteiger partial charge >= 0.3 is 0 Å². The lowest BCUT2D eigenvalue weighted by atomic mass is 10.2. The fourth-order valence-electron chi connectivity index (χ4n) is 2.77. The van der Waals surface area contributed by atoms with E-state index in [9.17, 15) is 0 Å². The molecule has 0 aliphatic heterocycles. The molecule has 0 aliphatic rings. The third-order valence-corrected chi connectivity index (χ3v) is 4.42. The minimum atomic E-state index is 0.585. The number of aromatic nitrogens is 5. The summed E-state index contributed by atoms with van der Waals surface area (Å²) in [5.74, 6) is 0.585. The van der Waals surface area contributed by atoms with Crippen molar-refractivity contribution < 1.29 is 0 Å². The van der Waals surface area contributed by atoms with Crippen LogP contribution in [0.5, 0.6) is 0 Å². The molecule has 3 aromatic heterocycles. The summed E-state index contributed by atoms with van der Waals surface area (Å²) < 4.78 is 2.78. The minimum Gasteiger partial charge on any atom is -0.338 e. The lowest BCUT2D eigenvalue weighted by Gasteiger charge is -1.94. The number of halogens is 1. The Morgan fingerprint density at radius 2 is 1.78 bits per heavy atom. The van der Waals surface area contributed by atoms with Crippen LogP contribution in [0.3, 0.4) is 0 Å². The molecule has 5 aromatic rings. The third kappa shape index (κ3) is 1.95. The van der Waals surface area contributed by atoms with Gasteiger partial charge in [0.2, 0.25) is 0 Å². The second kappa shape index (κ2) is 4.63. The smallest absolute Gasteiger partial charge is 0.253 e. The van der Waals surface area contributed by atoms with E-state index in [1.807, 2.05) is 54.7 Å². The van der Waals surface area contributed by atoms with E-state index in [4.69, 9.17) is 0 Å². The van der Waals surface area contributed by atoms with Gasteiger partial charge in [-0.2, -0.15) is 10.1 Å². The highest BCUT2D eigenvalue weighted by Crippen LogP contribution is 2.24. The number of para-hydroxylation sites is 1. The van der Waals surface area contributed by atoms with Gasteiger partial charge in [0.1, 0.15) is 5.52 Å². The Balaban J connectivity index is 1.76. The van der Waals surface area contributed by atoms with Crippen molar-refractivity contribution in [1.82, 2.24) is 24.6 Å². The predicted octanol–water partition coefficient (Wildman–Crippen LogP) is 4.19. The van der Waals surface area contributed by atoms with Crippen molar-refractivity contribution in [2.24, 2.45) is 0 Å². The first-order valence-corrected chi connectivity index (χ1v) is 7.97. The van der Waals surface area contributed by atoms with Crippen molar-refractivity contribution in [3.05, 3.63) is 59.2 Å². The molecule has 0 radical (unpaired) electrons. The number of hydrogen-bond donors (Lipinski definition) is 1. The molecule has 5 nitrogen and oxygen atoms in total. The highest BCUT2D eigenvalue weighted by atomic mass is 79.9. The molecule has 2 aromatic carbocycles. The van der Waals surface area contributed by atoms with Crippen LogP contribution in [0, 0.1) is 0 Å². The van der Waals surface area contributed by atoms with Gasteiger partial charge in [-0.15, -0.1) is 0 Å². The molecule has 0 fully saturated rings. The van der Waals surface area contributed by atoms with E-state index in [2.05, 4.69) is 36.0 Å². The van der Waals surface area contributed by atoms with Crippen molar-refractivity contribution in [2.75, 3.05) is 0 Å². The van der Waals surface area contributed by atoms with Gasteiger partial charge in [0.05, 0.1) is 11.9 Å². The summed E-state index contributed by atoms with van der Waals surface area (Å²) in [5, 5.41) is 5.75. The van der Waals surface area contributed by atoms with Crippen molar-refractivity contribution in [3.8, 4) is 11.3 Å². The number of aromatic amines is 1. The lowest BCUT2D eigenvalue weighted by molar-refractivity contribution is 0.943. The van der Waals surface area contributed by atoms with Crippen molar-refractivity contribution >= 4 is 43.8 Å². The van der Waals surface area contributed by atoms with E-state index in [0.29, 0.717) is 5.78 Å². The van der Waals surface area contributed by atoms with Crippen LogP contribution in [-0.2, 0) is 0 Å². The monoisotopic (exact) mass is 363 g/mol. The average molecular weight is 364 g/mol. The van der Waals surface area contributed by atoms with Gasteiger partial charge in [-0.1, -0.05) is 46.3 Å². The first kappa shape index (κ1) is 12.8. The number of imidazole rings is 1. The zero-order chi connectivity index (χ0) is 15.4. The van der Waals surface area contributed by atoms with Crippen LogP contribution in [0.2, 0.25) is 0 Å². The third-order valence-electron chi connectivity index (χ3n) is 3.89. The fraction of sp³-hybridized carbons (Fsp3) is 0. The Labute approximate surface area is 139 Å². The maximum Gasteiger partial charge on any atom is 0.253 e. The van der Waals surface area contributed by atoms with Gasteiger partial charge < -0.3 is 4.98 Å². The van der Waals surface area contributed by atoms with Gasteiger partial charge in [-0.3, -0.25) is 0 Å². The number of H-pyrrole nitrogens is 1. The van der Waals surface area contributed by atoms with Crippen molar-refractivity contribution in [2.45, 2.75) is 0 Å². The number of benzene rings is 2. The van der Waals surface area contributed by atoms with Gasteiger partial charge in [-0.25, -0.2) is 9.50 Å². The fourth-order valence-corrected chi connectivity index (χ4v) is 3.04. The van der Waals surface area contributed by atoms with Crippen LogP contribution in [0.4, 0.5) is 0 Å². The summed E-state index contributed by atoms with van der Waals surface area (Å²) in [4.78, 5) is 12.5. The molecule has 110 valence electrons. The topological polar surface area (TPSA) is 58.9 Å². The van der Waals surface area contributed by atoms with E-state index in [0.717, 1.165) is 37.8 Å². The zero-order valence-electron chi connectivity index (χ0n) is 11.9. The standard InChI is InChI=1S/C17H10BrN5/c18-11-7-5-10(6-8-11)14-9-23-17(20-14)21-16-15(22-23)12-3-1-2-4-13(12)19-16/h1-9H,(H,19,20,21). The Hall–Kier alpha value is -2.73. The highest BCUT2D eigenvalue weighted by molar-refractivity contribution is 9.10. The van der Waals surface area contributed by atoms with Crippen LogP contribution in [0.25, 0.3) is 39.1 Å². The van der Waals surface area contributed by atoms with Crippen molar-refractivity contribution in [1.29, 1.82) is 0 Å². The Morgan fingerprint density at radius 1 is 0.957 bits per heavy atom. The Bertz CT molecular complexity index is 1170. The summed E-state index contributed by atoms with van der Waals surface area (Å²) in [7, 11) is 0. The number of nitrogens with one attached hydrogen (secondary N) is 1. The molecule has 0 atom stereocenters. The molecule has 1 N–H and O–H groups in total. The molecule has 3 heterocycles. The first-order valence-electron chi connectivity index (χ1n) is 7.18. The van der Waals surface area contributed by atoms with E-state index in [1.165, 1.54) is 0 Å². The lowest BCUT2D eigenvalue weighted by Crippen LogP contribution is -1.93. The van der Waals surface area contributed by atoms with Crippen LogP contribution in [0.15, 0.2) is 59.2 Å². The molecule has 0 saturated carbocycles. The molecule has 0 unspecified atom stereocenters. The van der Waals surface area contributed by atoms with Crippen LogP contribution < -0.4 is 0 Å². The SMILES string of the molecule is Brc1ccc(-c2cn3nc4c(nc3n2)[nH]c2ccccc24)cc1. The van der Waals surface area contributed by atoms with E-state index < -0.39 is 0 Å². The molecule has 6 heteroatoms. The van der Waals surface area contributed by atoms with Gasteiger partial charge in [0.15, 0.2) is 5.65 Å². The maximum atomic E-state index is 4.68. The molecule has 0 bridgehead atoms. The van der Waals surface area contributed by atoms with E-state index in [1.54, 1.807) is 4.52 Å². The minimum absolute atomic E-state index is 0.585. The van der Waals surface area contributed by atoms with Crippen LogP contribution in [-0.4, -0.2) is 24.6 Å². The normalized spacial score (nSPS) is 11.7. The first-order chi connectivity index (χ1) is 11.3. The largest absolute Gasteiger partial charge is 0.338 e. The number of rotatable bonds is 1. The second-order valence-electron chi connectivity index (χ2n) is 5.36. The molecule has 23 heavy (non-hydrogen) atoms. The van der Waals surface area contributed by atoms with Crippen molar-refractivity contribution in [3.63, 3.8) is 0 Å². The number of fused-ring (bicyclic) bond motifs is 4. The second-order valence-corrected chi connectivity index (χ2v) is 6.27. The number of nitrogens with zero attached hydrogens (tertiary/aromatic N) is 4. The van der Waals surface area contributed by atoms with E-state index >= 15 is 0 Å². The predicted molar refractivity (Wildman–Crippen MR) is 93.3 cm³/mol. The summed E-state index contributed by atoms with van der Waals surface area (Å²) in [6, 6.07) is 16.1. The molecule has 0 amide bonds. The maximum absolute atomic E-state index is 4.68. The molecular weight excluding hydrogens is 354 g/mol. The molecule has 5 rings (SSSR count). The van der Waals surface area contributed by atoms with Gasteiger partial charge in [0.25, 0.3) is 5.78 Å². The highest BCUT2D eigenvalue weighted by Gasteiger charge is 2.11. The van der Waals surface area contributed by atoms with E-state index in [-0.39, 0.29) is 0 Å². The van der Waals surface area contributed by atoms with Crippen LogP contribution in [0.1, 0.15) is 0 Å². The van der Waals surface area contributed by atoms with Crippen LogP contribution >= 0.6 is 15.9 Å². The molecular formula is C17H10BrN5. The Morgan fingerprint density at radius 3 is 2.65 bits per heavy atom. The summed E-state index contributed by atoms with van der Waals surface area (Å²) >= 11 is 3.45. The average Bonchev–Trinajstić information content (AvgIpc) is 3.13. The molecule has 0 aliphatic carbocycles. The summed E-state index contributed by atoms with van der Waals surface area (Å²) in [5.41, 5.74) is 4.53. The Kier molecular flexibility index (Phi) is 2.57.